The van der Waals surface area contributed by atoms with Gasteiger partial charge >= 0.3 is 0 Å². The van der Waals surface area contributed by atoms with Crippen LogP contribution in [0.5, 0.6) is 5.75 Å². The molecule has 0 bridgehead atoms. The monoisotopic (exact) mass is 498 g/mol. The van der Waals surface area contributed by atoms with Gasteiger partial charge in [0.2, 0.25) is 5.91 Å². The summed E-state index contributed by atoms with van der Waals surface area (Å²) in [6.45, 7) is 5.87. The molecular weight excluding hydrogens is 481 g/mol. The number of nitrogens with one attached hydrogen (secondary N) is 1. The Hall–Kier alpha value is -2.62. The van der Waals surface area contributed by atoms with Crippen LogP contribution in [0.2, 0.25) is 10.0 Å². The maximum atomic E-state index is 13.3. The number of halogens is 4. The molecule has 1 amide bonds. The van der Waals surface area contributed by atoms with Gasteiger partial charge in [0.15, 0.2) is 17.1 Å². The highest BCUT2D eigenvalue weighted by Gasteiger charge is 2.21. The van der Waals surface area contributed by atoms with Crippen molar-refractivity contribution in [2.75, 3.05) is 11.1 Å². The zero-order valence-electron chi connectivity index (χ0n) is 16.8. The van der Waals surface area contributed by atoms with E-state index in [1.807, 2.05) is 0 Å². The van der Waals surface area contributed by atoms with Crippen LogP contribution in [0.1, 0.15) is 18.9 Å². The molecule has 11 heteroatoms. The number of carbonyl (C=O) groups is 1. The second kappa shape index (κ2) is 10.8. The largest absolute Gasteiger partial charge is 0.481 e. The van der Waals surface area contributed by atoms with Gasteiger partial charge in [-0.05, 0) is 43.3 Å². The molecule has 1 heterocycles. The van der Waals surface area contributed by atoms with Gasteiger partial charge in [-0.3, -0.25) is 9.36 Å². The molecule has 1 aromatic heterocycles. The Balaban J connectivity index is 1.68. The summed E-state index contributed by atoms with van der Waals surface area (Å²) in [6, 6.07) is 7.76. The minimum Gasteiger partial charge on any atom is -0.481 e. The molecule has 168 valence electrons. The van der Waals surface area contributed by atoms with Crippen molar-refractivity contribution < 1.29 is 18.3 Å². The molecule has 0 saturated carbocycles. The number of rotatable bonds is 9. The Labute approximate surface area is 197 Å². The molecule has 0 spiro atoms. The number of benzene rings is 2. The third-order valence-corrected chi connectivity index (χ3v) is 5.71. The summed E-state index contributed by atoms with van der Waals surface area (Å²) in [7, 11) is 0. The van der Waals surface area contributed by atoms with Crippen LogP contribution in [0.3, 0.4) is 0 Å². The second-order valence-electron chi connectivity index (χ2n) is 6.54. The molecule has 1 N–H and O–H groups in total. The van der Waals surface area contributed by atoms with Gasteiger partial charge in [-0.2, -0.15) is 0 Å². The molecule has 3 aromatic rings. The fourth-order valence-electron chi connectivity index (χ4n) is 2.72. The van der Waals surface area contributed by atoms with Gasteiger partial charge < -0.3 is 10.1 Å². The first-order valence-corrected chi connectivity index (χ1v) is 11.1. The Morgan fingerprint density at radius 3 is 2.72 bits per heavy atom. The predicted octanol–water partition coefficient (Wildman–Crippen LogP) is 5.92. The minimum absolute atomic E-state index is 0.0311. The summed E-state index contributed by atoms with van der Waals surface area (Å²) in [5.74, 6) is -0.538. The lowest BCUT2D eigenvalue weighted by Gasteiger charge is -2.16. The van der Waals surface area contributed by atoms with Crippen molar-refractivity contribution in [2.24, 2.45) is 0 Å². The van der Waals surface area contributed by atoms with E-state index in [4.69, 9.17) is 27.9 Å². The Morgan fingerprint density at radius 2 is 2.03 bits per heavy atom. The highest BCUT2D eigenvalue weighted by Crippen LogP contribution is 2.30. The topological polar surface area (TPSA) is 69.0 Å². The number of thioether (sulfide) groups is 1. The maximum Gasteiger partial charge on any atom is 0.234 e. The van der Waals surface area contributed by atoms with Gasteiger partial charge in [-0.25, -0.2) is 8.78 Å². The molecule has 6 nitrogen and oxygen atoms in total. The number of ether oxygens (including phenoxy) is 1. The Bertz CT molecular complexity index is 1140. The van der Waals surface area contributed by atoms with E-state index >= 15 is 0 Å². The summed E-state index contributed by atoms with van der Waals surface area (Å²) < 4.78 is 34.1. The molecule has 0 saturated heterocycles. The number of anilines is 1. The molecule has 3 rings (SSSR count). The normalized spacial score (nSPS) is 11.8. The first-order valence-electron chi connectivity index (χ1n) is 9.32. The smallest absolute Gasteiger partial charge is 0.234 e. The molecular formula is C21H18Cl2F2N4O2S. The van der Waals surface area contributed by atoms with E-state index in [9.17, 15) is 13.6 Å². The summed E-state index contributed by atoms with van der Waals surface area (Å²) in [6.07, 6.45) is 1.10. The fraction of sp³-hybridized carbons (Fsp3) is 0.190. The van der Waals surface area contributed by atoms with Crippen molar-refractivity contribution in [3.63, 3.8) is 0 Å². The fourth-order valence-corrected chi connectivity index (χ4v) is 3.87. The Kier molecular flexibility index (Phi) is 8.11. The first kappa shape index (κ1) is 24.0. The predicted molar refractivity (Wildman–Crippen MR) is 121 cm³/mol. The van der Waals surface area contributed by atoms with Crippen molar-refractivity contribution in [2.45, 2.75) is 24.7 Å². The van der Waals surface area contributed by atoms with E-state index < -0.39 is 17.7 Å². The lowest BCUT2D eigenvalue weighted by Crippen LogP contribution is -2.15. The molecule has 2 aromatic carbocycles. The van der Waals surface area contributed by atoms with Crippen molar-refractivity contribution in [1.82, 2.24) is 14.8 Å². The van der Waals surface area contributed by atoms with Crippen LogP contribution < -0.4 is 10.1 Å². The minimum atomic E-state index is -0.567. The average Bonchev–Trinajstić information content (AvgIpc) is 3.14. The Morgan fingerprint density at radius 1 is 1.25 bits per heavy atom. The van der Waals surface area contributed by atoms with E-state index in [-0.39, 0.29) is 21.7 Å². The van der Waals surface area contributed by atoms with E-state index in [0.717, 1.165) is 17.8 Å². The van der Waals surface area contributed by atoms with Crippen LogP contribution in [0.15, 0.2) is 54.2 Å². The average molecular weight is 499 g/mol. The molecule has 0 aliphatic heterocycles. The standard InChI is InChI=1S/C21H18Cl2F2N4O2S/c1-3-8-29-20(12(2)31-18-7-4-13(24)9-16(18)23)27-28-21(29)32-11-19(30)26-14-5-6-17(25)15(22)10-14/h3-7,9-10,12H,1,8,11H2,2H3,(H,26,30). The zero-order chi connectivity index (χ0) is 23.3. The number of aromatic nitrogens is 3. The highest BCUT2D eigenvalue weighted by atomic mass is 35.5. The molecule has 0 fully saturated rings. The van der Waals surface area contributed by atoms with Crippen LogP contribution >= 0.6 is 35.0 Å². The summed E-state index contributed by atoms with van der Waals surface area (Å²) >= 11 is 12.9. The van der Waals surface area contributed by atoms with Crippen molar-refractivity contribution in [3.8, 4) is 5.75 Å². The van der Waals surface area contributed by atoms with E-state index in [0.29, 0.717) is 29.0 Å². The van der Waals surface area contributed by atoms with Crippen LogP contribution in [0, 0.1) is 11.6 Å². The van der Waals surface area contributed by atoms with E-state index in [1.54, 1.807) is 17.6 Å². The maximum absolute atomic E-state index is 13.3. The van der Waals surface area contributed by atoms with Gasteiger partial charge in [0.25, 0.3) is 0 Å². The lowest BCUT2D eigenvalue weighted by atomic mass is 10.3. The van der Waals surface area contributed by atoms with Gasteiger partial charge in [0.1, 0.15) is 17.4 Å². The number of nitrogens with zero attached hydrogens (tertiary/aromatic N) is 3. The third-order valence-electron chi connectivity index (χ3n) is 4.15. The molecule has 0 aliphatic carbocycles. The summed E-state index contributed by atoms with van der Waals surface area (Å²) in [5.41, 5.74) is 0.383. The van der Waals surface area contributed by atoms with Gasteiger partial charge in [0.05, 0.1) is 15.8 Å². The van der Waals surface area contributed by atoms with Crippen LogP contribution in [0.25, 0.3) is 0 Å². The molecule has 1 unspecified atom stereocenters. The van der Waals surface area contributed by atoms with Gasteiger partial charge in [-0.1, -0.05) is 41.0 Å². The zero-order valence-corrected chi connectivity index (χ0v) is 19.1. The lowest BCUT2D eigenvalue weighted by molar-refractivity contribution is -0.113. The molecule has 1 atom stereocenters. The summed E-state index contributed by atoms with van der Waals surface area (Å²) in [5, 5.41) is 11.5. The quantitative estimate of drug-likeness (QED) is 0.293. The van der Waals surface area contributed by atoms with Crippen molar-refractivity contribution in [3.05, 3.63) is 76.6 Å². The van der Waals surface area contributed by atoms with Crippen LogP contribution in [-0.2, 0) is 11.3 Å². The molecule has 32 heavy (non-hydrogen) atoms. The van der Waals surface area contributed by atoms with E-state index in [2.05, 4.69) is 22.1 Å². The van der Waals surface area contributed by atoms with Gasteiger partial charge in [0, 0.05) is 12.2 Å². The van der Waals surface area contributed by atoms with Crippen LogP contribution in [-0.4, -0.2) is 26.4 Å². The van der Waals surface area contributed by atoms with E-state index in [1.165, 1.54) is 30.3 Å². The second-order valence-corrected chi connectivity index (χ2v) is 8.30. The number of hydrogen-bond acceptors (Lipinski definition) is 5. The van der Waals surface area contributed by atoms with Crippen LogP contribution in [0.4, 0.5) is 14.5 Å². The molecule has 0 aliphatic rings. The SMILES string of the molecule is C=CCn1c(SCC(=O)Nc2ccc(F)c(Cl)c2)nnc1C(C)Oc1ccc(F)cc1Cl. The number of allylic oxidation sites excluding steroid dienone is 1. The van der Waals surface area contributed by atoms with Crippen molar-refractivity contribution >= 4 is 46.6 Å². The third kappa shape index (κ3) is 5.99. The van der Waals surface area contributed by atoms with Gasteiger partial charge in [-0.15, -0.1) is 16.8 Å². The summed E-state index contributed by atoms with van der Waals surface area (Å²) in [4.78, 5) is 12.3. The number of carbonyl (C=O) groups excluding carboxylic acids is 1. The number of hydrogen-bond donors (Lipinski definition) is 1. The van der Waals surface area contributed by atoms with Crippen molar-refractivity contribution in [1.29, 1.82) is 0 Å². The highest BCUT2D eigenvalue weighted by molar-refractivity contribution is 7.99. The molecule has 0 radical (unpaired) electrons. The first-order chi connectivity index (χ1) is 15.3. The number of amides is 1.